The molecule has 0 aliphatic carbocycles. The highest BCUT2D eigenvalue weighted by molar-refractivity contribution is 5.40. The van der Waals surface area contributed by atoms with Crippen LogP contribution >= 0.6 is 0 Å². The predicted octanol–water partition coefficient (Wildman–Crippen LogP) is 3.19. The molecule has 0 radical (unpaired) electrons. The van der Waals surface area contributed by atoms with Crippen molar-refractivity contribution >= 4 is 0 Å². The molecule has 2 aromatic rings. The van der Waals surface area contributed by atoms with Gasteiger partial charge in [-0.1, -0.05) is 0 Å². The van der Waals surface area contributed by atoms with E-state index in [-0.39, 0.29) is 11.3 Å². The Morgan fingerprint density at radius 2 is 1.75 bits per heavy atom. The van der Waals surface area contributed by atoms with Crippen LogP contribution < -0.4 is 4.74 Å². The number of pyridine rings is 1. The van der Waals surface area contributed by atoms with E-state index in [1.165, 1.54) is 37.7 Å². The van der Waals surface area contributed by atoms with Crippen LogP contribution in [0, 0.1) is 0 Å². The van der Waals surface area contributed by atoms with Gasteiger partial charge in [0.2, 0.25) is 0 Å². The maximum atomic E-state index is 12.8. The number of halogens is 3. The summed E-state index contributed by atoms with van der Waals surface area (Å²) in [5, 5.41) is 10.2. The summed E-state index contributed by atoms with van der Waals surface area (Å²) in [7, 11) is 1.28. The lowest BCUT2D eigenvalue weighted by Crippen LogP contribution is -2.08. The molecule has 3 nitrogen and oxygen atoms in total. The fourth-order valence-corrected chi connectivity index (χ4v) is 1.80. The molecule has 106 valence electrons. The summed E-state index contributed by atoms with van der Waals surface area (Å²) < 4.78 is 43.3. The fraction of sp³-hybridized carbons (Fsp3) is 0.214. The first-order valence-corrected chi connectivity index (χ1v) is 5.76. The van der Waals surface area contributed by atoms with E-state index >= 15 is 0 Å². The molecular formula is C14H12F3NO2. The number of hydrogen-bond donors (Lipinski definition) is 1. The van der Waals surface area contributed by atoms with Crippen molar-refractivity contribution in [3.05, 3.63) is 59.4 Å². The lowest BCUT2D eigenvalue weighted by atomic mass is 10.00. The molecule has 0 saturated heterocycles. The second-order valence-electron chi connectivity index (χ2n) is 4.18. The Bertz CT molecular complexity index is 585. The lowest BCUT2D eigenvalue weighted by molar-refractivity contribution is -0.137. The second kappa shape index (κ2) is 5.50. The summed E-state index contributed by atoms with van der Waals surface area (Å²) >= 11 is 0. The van der Waals surface area contributed by atoms with Gasteiger partial charge in [0.15, 0.2) is 0 Å². The van der Waals surface area contributed by atoms with Crippen LogP contribution in [0.4, 0.5) is 13.2 Å². The summed E-state index contributed by atoms with van der Waals surface area (Å²) in [6, 6.07) is 6.26. The molecule has 0 aliphatic heterocycles. The topological polar surface area (TPSA) is 42.4 Å². The Morgan fingerprint density at radius 3 is 2.30 bits per heavy atom. The molecule has 0 spiro atoms. The first kappa shape index (κ1) is 14.3. The normalized spacial score (nSPS) is 13.1. The zero-order valence-corrected chi connectivity index (χ0v) is 10.6. The van der Waals surface area contributed by atoms with Crippen LogP contribution in [-0.4, -0.2) is 17.2 Å². The third-order valence-electron chi connectivity index (χ3n) is 2.83. The van der Waals surface area contributed by atoms with Gasteiger partial charge in [0.05, 0.1) is 12.7 Å². The number of aromatic nitrogens is 1. The van der Waals surface area contributed by atoms with Crippen LogP contribution in [0.1, 0.15) is 22.8 Å². The molecule has 0 saturated carbocycles. The third-order valence-corrected chi connectivity index (χ3v) is 2.83. The van der Waals surface area contributed by atoms with Gasteiger partial charge in [0.1, 0.15) is 11.9 Å². The van der Waals surface area contributed by atoms with Crippen molar-refractivity contribution in [3.63, 3.8) is 0 Å². The third kappa shape index (κ3) is 3.08. The Morgan fingerprint density at radius 1 is 1.10 bits per heavy atom. The number of rotatable bonds is 3. The predicted molar refractivity (Wildman–Crippen MR) is 66.3 cm³/mol. The van der Waals surface area contributed by atoms with E-state index in [4.69, 9.17) is 4.74 Å². The quantitative estimate of drug-likeness (QED) is 0.940. The molecule has 1 atom stereocenters. The largest absolute Gasteiger partial charge is 0.497 e. The van der Waals surface area contributed by atoms with E-state index in [9.17, 15) is 18.3 Å². The summed E-state index contributed by atoms with van der Waals surface area (Å²) in [4.78, 5) is 3.80. The van der Waals surface area contributed by atoms with Crippen molar-refractivity contribution in [2.75, 3.05) is 7.11 Å². The van der Waals surface area contributed by atoms with Crippen LogP contribution in [0.25, 0.3) is 0 Å². The number of benzene rings is 1. The first-order chi connectivity index (χ1) is 9.41. The van der Waals surface area contributed by atoms with Crippen molar-refractivity contribution in [1.82, 2.24) is 4.98 Å². The minimum Gasteiger partial charge on any atom is -0.497 e. The summed E-state index contributed by atoms with van der Waals surface area (Å²) in [5.41, 5.74) is -0.288. The SMILES string of the molecule is COc1cc(C(O)c2ccncc2)cc(C(F)(F)F)c1. The van der Waals surface area contributed by atoms with Crippen LogP contribution in [0.5, 0.6) is 5.75 Å². The van der Waals surface area contributed by atoms with E-state index in [0.29, 0.717) is 5.56 Å². The standard InChI is InChI=1S/C14H12F3NO2/c1-20-12-7-10(6-11(8-12)14(15,16)17)13(19)9-2-4-18-5-3-9/h2-8,13,19H,1H3. The Balaban J connectivity index is 2.46. The lowest BCUT2D eigenvalue weighted by Gasteiger charge is -2.15. The first-order valence-electron chi connectivity index (χ1n) is 5.76. The molecule has 1 aromatic carbocycles. The van der Waals surface area contributed by atoms with Crippen LogP contribution in [-0.2, 0) is 6.18 Å². The molecule has 1 heterocycles. The van der Waals surface area contributed by atoms with Gasteiger partial charge in [0.25, 0.3) is 0 Å². The number of hydrogen-bond acceptors (Lipinski definition) is 3. The highest BCUT2D eigenvalue weighted by atomic mass is 19.4. The molecule has 6 heteroatoms. The van der Waals surface area contributed by atoms with Crippen molar-refractivity contribution in [2.24, 2.45) is 0 Å². The van der Waals surface area contributed by atoms with Crippen molar-refractivity contribution in [2.45, 2.75) is 12.3 Å². The van der Waals surface area contributed by atoms with Gasteiger partial charge in [0, 0.05) is 12.4 Å². The summed E-state index contributed by atoms with van der Waals surface area (Å²) in [6.45, 7) is 0. The highest BCUT2D eigenvalue weighted by Gasteiger charge is 2.32. The van der Waals surface area contributed by atoms with Gasteiger partial charge < -0.3 is 9.84 Å². The number of ether oxygens (including phenoxy) is 1. The molecule has 0 aliphatic rings. The average Bonchev–Trinajstić information content (AvgIpc) is 2.46. The zero-order chi connectivity index (χ0) is 14.8. The Kier molecular flexibility index (Phi) is 3.94. The monoisotopic (exact) mass is 283 g/mol. The Hall–Kier alpha value is -2.08. The molecule has 0 bridgehead atoms. The van der Waals surface area contributed by atoms with Gasteiger partial charge in [-0.05, 0) is 41.5 Å². The maximum absolute atomic E-state index is 12.8. The van der Waals surface area contributed by atoms with Gasteiger partial charge in [-0.2, -0.15) is 13.2 Å². The minimum absolute atomic E-state index is 0.0444. The van der Waals surface area contributed by atoms with Crippen molar-refractivity contribution in [1.29, 1.82) is 0 Å². The molecule has 20 heavy (non-hydrogen) atoms. The average molecular weight is 283 g/mol. The number of aliphatic hydroxyl groups is 1. The second-order valence-corrected chi connectivity index (χ2v) is 4.18. The molecular weight excluding hydrogens is 271 g/mol. The summed E-state index contributed by atoms with van der Waals surface area (Å²) in [6.07, 6.45) is -2.75. The van der Waals surface area contributed by atoms with Crippen LogP contribution in [0.3, 0.4) is 0 Å². The van der Waals surface area contributed by atoms with Gasteiger partial charge in [-0.3, -0.25) is 4.98 Å². The van der Waals surface area contributed by atoms with Crippen LogP contribution in [0.2, 0.25) is 0 Å². The molecule has 1 unspecified atom stereocenters. The van der Waals surface area contributed by atoms with E-state index in [1.807, 2.05) is 0 Å². The maximum Gasteiger partial charge on any atom is 0.416 e. The van der Waals surface area contributed by atoms with Gasteiger partial charge in [-0.15, -0.1) is 0 Å². The van der Waals surface area contributed by atoms with Crippen molar-refractivity contribution < 1.29 is 23.0 Å². The minimum atomic E-state index is -4.50. The number of methoxy groups -OCH3 is 1. The number of aliphatic hydroxyl groups excluding tert-OH is 1. The van der Waals surface area contributed by atoms with E-state index in [2.05, 4.69) is 4.98 Å². The summed E-state index contributed by atoms with van der Waals surface area (Å²) in [5.74, 6) is 0.0444. The highest BCUT2D eigenvalue weighted by Crippen LogP contribution is 2.35. The van der Waals surface area contributed by atoms with E-state index in [1.54, 1.807) is 0 Å². The molecule has 1 aromatic heterocycles. The molecule has 0 fully saturated rings. The molecule has 1 N–H and O–H groups in total. The van der Waals surface area contributed by atoms with E-state index in [0.717, 1.165) is 12.1 Å². The van der Waals surface area contributed by atoms with Gasteiger partial charge in [-0.25, -0.2) is 0 Å². The molecule has 2 rings (SSSR count). The van der Waals surface area contributed by atoms with Crippen molar-refractivity contribution in [3.8, 4) is 5.75 Å². The molecule has 0 amide bonds. The van der Waals surface area contributed by atoms with Crippen LogP contribution in [0.15, 0.2) is 42.7 Å². The number of alkyl halides is 3. The number of nitrogens with zero attached hydrogens (tertiary/aromatic N) is 1. The van der Waals surface area contributed by atoms with E-state index < -0.39 is 17.8 Å². The smallest absolute Gasteiger partial charge is 0.416 e. The van der Waals surface area contributed by atoms with Gasteiger partial charge >= 0.3 is 6.18 Å². The zero-order valence-electron chi connectivity index (χ0n) is 10.6. The Labute approximate surface area is 113 Å². The fourth-order valence-electron chi connectivity index (χ4n) is 1.80.